The number of nitrogens with one attached hydrogen (secondary N) is 1. The van der Waals surface area contributed by atoms with Gasteiger partial charge in [0.1, 0.15) is 30.1 Å². The van der Waals surface area contributed by atoms with Crippen molar-refractivity contribution in [1.82, 2.24) is 5.32 Å². The summed E-state index contributed by atoms with van der Waals surface area (Å²) in [5.41, 5.74) is 0.483. The van der Waals surface area contributed by atoms with E-state index in [0.29, 0.717) is 33.6 Å². The van der Waals surface area contributed by atoms with Crippen molar-refractivity contribution in [1.29, 1.82) is 0 Å². The molecule has 3 rings (SSSR count). The number of carbonyl (C=O) groups is 1. The summed E-state index contributed by atoms with van der Waals surface area (Å²) >= 11 is 12.6. The lowest BCUT2D eigenvalue weighted by Crippen LogP contribution is -2.28. The number of benzene rings is 3. The second kappa shape index (κ2) is 10.0. The fourth-order valence-electron chi connectivity index (χ4n) is 2.57. The molecule has 0 unspecified atom stereocenters. The Bertz CT molecular complexity index is 1070. The Labute approximate surface area is 184 Å². The van der Waals surface area contributed by atoms with Crippen molar-refractivity contribution < 1.29 is 19.1 Å². The zero-order valence-corrected chi connectivity index (χ0v) is 17.7. The fourth-order valence-corrected chi connectivity index (χ4v) is 3.04. The predicted octanol–water partition coefficient (Wildman–Crippen LogP) is 5.67. The van der Waals surface area contributed by atoms with Crippen molar-refractivity contribution in [2.45, 2.75) is 0 Å². The van der Waals surface area contributed by atoms with Gasteiger partial charge in [0.25, 0.3) is 5.91 Å². The van der Waals surface area contributed by atoms with E-state index in [-0.39, 0.29) is 10.7 Å². The van der Waals surface area contributed by atoms with E-state index in [0.717, 1.165) is 0 Å². The highest BCUT2D eigenvalue weighted by molar-refractivity contribution is 6.45. The number of likely N-dealkylation sites (N-methyl/N-ethyl adjacent to an activating group) is 1. The van der Waals surface area contributed by atoms with Gasteiger partial charge in [0.2, 0.25) is 0 Å². The van der Waals surface area contributed by atoms with Crippen LogP contribution < -0.4 is 14.8 Å². The number of hydrogen-bond donors (Lipinski definition) is 1. The maximum Gasteiger partial charge on any atom is 0.273 e. The molecule has 0 atom stereocenters. The average Bonchev–Trinajstić information content (AvgIpc) is 2.76. The minimum atomic E-state index is -0.428. The number of carbonyl (C=O) groups excluding carboxylic acids is 1. The first kappa shape index (κ1) is 21.5. The average molecular weight is 445 g/mol. The molecule has 0 bridgehead atoms. The highest BCUT2D eigenvalue weighted by Crippen LogP contribution is 2.40. The monoisotopic (exact) mass is 444 g/mol. The van der Waals surface area contributed by atoms with Crippen LogP contribution in [0.15, 0.2) is 71.9 Å². The Hall–Kier alpha value is -3.22. The summed E-state index contributed by atoms with van der Waals surface area (Å²) in [7, 11) is 2.86. The molecule has 0 fully saturated rings. The van der Waals surface area contributed by atoms with Gasteiger partial charge in [-0.3, -0.25) is 4.79 Å². The van der Waals surface area contributed by atoms with E-state index in [2.05, 4.69) is 10.5 Å². The summed E-state index contributed by atoms with van der Waals surface area (Å²) in [6.07, 6.45) is 0. The molecule has 3 aromatic carbocycles. The minimum absolute atomic E-state index is 0.0569. The largest absolute Gasteiger partial charge is 0.456 e. The van der Waals surface area contributed by atoms with Crippen molar-refractivity contribution in [3.8, 4) is 23.0 Å². The molecule has 3 aromatic rings. The van der Waals surface area contributed by atoms with Crippen LogP contribution in [0.3, 0.4) is 0 Å². The zero-order valence-electron chi connectivity index (χ0n) is 16.2. The van der Waals surface area contributed by atoms with Crippen LogP contribution in [-0.2, 0) is 9.63 Å². The Balaban J connectivity index is 1.98. The van der Waals surface area contributed by atoms with Crippen LogP contribution in [0.25, 0.3) is 0 Å². The maximum absolute atomic E-state index is 12.2. The summed E-state index contributed by atoms with van der Waals surface area (Å²) in [6.45, 7) is 0. The quantitative estimate of drug-likeness (QED) is 0.376. The van der Waals surface area contributed by atoms with Crippen LogP contribution >= 0.6 is 23.2 Å². The molecule has 8 heteroatoms. The van der Waals surface area contributed by atoms with Crippen LogP contribution in [0.5, 0.6) is 23.0 Å². The lowest BCUT2D eigenvalue weighted by Gasteiger charge is -2.15. The Morgan fingerprint density at radius 1 is 0.867 bits per heavy atom. The molecule has 154 valence electrons. The highest BCUT2D eigenvalue weighted by Gasteiger charge is 2.20. The molecule has 6 nitrogen and oxygen atoms in total. The maximum atomic E-state index is 12.2. The summed E-state index contributed by atoms with van der Waals surface area (Å²) in [5, 5.41) is 6.96. The molecular weight excluding hydrogens is 427 g/mol. The number of rotatable bonds is 7. The van der Waals surface area contributed by atoms with E-state index >= 15 is 0 Å². The first-order valence-electron chi connectivity index (χ1n) is 8.86. The van der Waals surface area contributed by atoms with Gasteiger partial charge in [-0.05, 0) is 30.3 Å². The van der Waals surface area contributed by atoms with Crippen molar-refractivity contribution in [3.05, 3.63) is 82.3 Å². The third-order valence-electron chi connectivity index (χ3n) is 3.94. The molecule has 0 heterocycles. The molecule has 0 saturated heterocycles. The van der Waals surface area contributed by atoms with Gasteiger partial charge in [-0.1, -0.05) is 58.7 Å². The molecular formula is C22H18Cl2N2O4. The number of nitrogens with zero attached hydrogens (tertiary/aromatic N) is 1. The predicted molar refractivity (Wildman–Crippen MR) is 117 cm³/mol. The molecule has 0 aromatic heterocycles. The molecule has 0 aliphatic heterocycles. The van der Waals surface area contributed by atoms with E-state index < -0.39 is 5.91 Å². The highest BCUT2D eigenvalue weighted by atomic mass is 35.5. The van der Waals surface area contributed by atoms with E-state index in [9.17, 15) is 4.79 Å². The SMILES string of the molecule is CNC(=O)/C(=N\OC)c1ccccc1Oc1cc(Oc2ccccc2)c(Cl)cc1Cl. The Morgan fingerprint density at radius 2 is 1.50 bits per heavy atom. The fraction of sp³-hybridized carbons (Fsp3) is 0.0909. The number of hydrogen-bond acceptors (Lipinski definition) is 5. The molecule has 0 spiro atoms. The third-order valence-corrected chi connectivity index (χ3v) is 4.53. The smallest absolute Gasteiger partial charge is 0.273 e. The molecule has 0 saturated carbocycles. The van der Waals surface area contributed by atoms with Crippen LogP contribution in [0.4, 0.5) is 0 Å². The Morgan fingerprint density at radius 3 is 2.17 bits per heavy atom. The normalized spacial score (nSPS) is 11.0. The second-order valence-corrected chi connectivity index (χ2v) is 6.74. The van der Waals surface area contributed by atoms with E-state index in [1.165, 1.54) is 20.2 Å². The molecule has 0 aliphatic carbocycles. The lowest BCUT2D eigenvalue weighted by atomic mass is 10.1. The van der Waals surface area contributed by atoms with Crippen molar-refractivity contribution in [2.24, 2.45) is 5.16 Å². The van der Waals surface area contributed by atoms with Crippen LogP contribution in [0.2, 0.25) is 10.0 Å². The van der Waals surface area contributed by atoms with Gasteiger partial charge in [0.15, 0.2) is 5.71 Å². The number of amides is 1. The molecule has 30 heavy (non-hydrogen) atoms. The number of ether oxygens (including phenoxy) is 2. The molecule has 1 N–H and O–H groups in total. The Kier molecular flexibility index (Phi) is 7.17. The van der Waals surface area contributed by atoms with Gasteiger partial charge in [-0.2, -0.15) is 0 Å². The van der Waals surface area contributed by atoms with Crippen LogP contribution in [-0.4, -0.2) is 25.8 Å². The number of halogens is 2. The summed E-state index contributed by atoms with van der Waals surface area (Å²) in [4.78, 5) is 17.1. The summed E-state index contributed by atoms with van der Waals surface area (Å²) in [5.74, 6) is 1.21. The molecule has 1 amide bonds. The standard InChI is InChI=1S/C22H18Cl2N2O4/c1-25-22(27)21(26-28-2)15-10-6-7-11-18(15)30-20-13-19(16(23)12-17(20)24)29-14-8-4-3-5-9-14/h3-13H,1-2H3,(H,25,27)/b26-21-. The second-order valence-electron chi connectivity index (χ2n) is 5.93. The van der Waals surface area contributed by atoms with Crippen molar-refractivity contribution in [3.63, 3.8) is 0 Å². The minimum Gasteiger partial charge on any atom is -0.456 e. The first-order valence-corrected chi connectivity index (χ1v) is 9.61. The topological polar surface area (TPSA) is 69.2 Å². The van der Waals surface area contributed by atoms with Crippen molar-refractivity contribution in [2.75, 3.05) is 14.2 Å². The van der Waals surface area contributed by atoms with E-state index in [1.54, 1.807) is 42.5 Å². The van der Waals surface area contributed by atoms with Crippen LogP contribution in [0, 0.1) is 0 Å². The number of oxime groups is 1. The van der Waals surface area contributed by atoms with Gasteiger partial charge < -0.3 is 19.6 Å². The summed E-state index contributed by atoms with van der Waals surface area (Å²) < 4.78 is 11.8. The number of para-hydroxylation sites is 2. The van der Waals surface area contributed by atoms with Crippen LogP contribution in [0.1, 0.15) is 5.56 Å². The van der Waals surface area contributed by atoms with Gasteiger partial charge in [0.05, 0.1) is 15.6 Å². The lowest BCUT2D eigenvalue weighted by molar-refractivity contribution is -0.114. The zero-order chi connectivity index (χ0) is 21.5. The van der Waals surface area contributed by atoms with E-state index in [4.69, 9.17) is 37.5 Å². The summed E-state index contributed by atoms with van der Waals surface area (Å²) in [6, 6.07) is 19.2. The molecule has 0 aliphatic rings. The van der Waals surface area contributed by atoms with Gasteiger partial charge in [-0.15, -0.1) is 0 Å². The third kappa shape index (κ3) is 5.03. The van der Waals surface area contributed by atoms with Gasteiger partial charge >= 0.3 is 0 Å². The van der Waals surface area contributed by atoms with Gasteiger partial charge in [0, 0.05) is 13.1 Å². The molecule has 0 radical (unpaired) electrons. The van der Waals surface area contributed by atoms with Crippen molar-refractivity contribution >= 4 is 34.8 Å². The first-order chi connectivity index (χ1) is 14.5. The van der Waals surface area contributed by atoms with Gasteiger partial charge in [-0.25, -0.2) is 0 Å². The van der Waals surface area contributed by atoms with E-state index in [1.807, 2.05) is 18.2 Å².